The van der Waals surface area contributed by atoms with E-state index in [9.17, 15) is 9.18 Å². The summed E-state index contributed by atoms with van der Waals surface area (Å²) in [6, 6.07) is 3.24. The molecule has 1 amide bonds. The number of carbonyl (C=O) groups excluding carboxylic acids is 1. The normalized spacial score (nSPS) is 24.7. The van der Waals surface area contributed by atoms with E-state index < -0.39 is 11.5 Å². The number of carbonyl (C=O) groups is 1. The van der Waals surface area contributed by atoms with Crippen molar-refractivity contribution >= 4 is 6.09 Å². The lowest BCUT2D eigenvalue weighted by molar-refractivity contribution is -0.0982. The van der Waals surface area contributed by atoms with Crippen molar-refractivity contribution in [1.82, 2.24) is 25.2 Å². The van der Waals surface area contributed by atoms with Gasteiger partial charge in [0, 0.05) is 51.9 Å². The van der Waals surface area contributed by atoms with Crippen LogP contribution in [0.2, 0.25) is 0 Å². The molecular weight excluding hydrogens is 413 g/mol. The number of hydrazine groups is 1. The van der Waals surface area contributed by atoms with Crippen LogP contribution in [0.4, 0.5) is 9.18 Å². The first-order chi connectivity index (χ1) is 15.1. The Hall–Kier alpha value is -1.81. The Labute approximate surface area is 191 Å². The molecule has 8 nitrogen and oxygen atoms in total. The van der Waals surface area contributed by atoms with Gasteiger partial charge in [0.05, 0.1) is 6.04 Å². The Morgan fingerprint density at radius 3 is 2.72 bits per heavy atom. The molecule has 0 aromatic carbocycles. The summed E-state index contributed by atoms with van der Waals surface area (Å²) >= 11 is 0. The molecule has 180 valence electrons. The molecule has 1 N–H and O–H groups in total. The van der Waals surface area contributed by atoms with Crippen molar-refractivity contribution in [1.29, 1.82) is 0 Å². The van der Waals surface area contributed by atoms with Gasteiger partial charge in [0.15, 0.2) is 0 Å². The number of nitrogens with zero attached hydrogens (tertiary/aromatic N) is 4. The molecule has 2 aliphatic heterocycles. The summed E-state index contributed by atoms with van der Waals surface area (Å²) in [6.07, 6.45) is 4.63. The molecule has 1 aromatic heterocycles. The molecule has 9 heteroatoms. The van der Waals surface area contributed by atoms with E-state index >= 15 is 0 Å². The molecule has 3 heterocycles. The second kappa shape index (κ2) is 10.9. The maximum atomic E-state index is 13.4. The Morgan fingerprint density at radius 2 is 2.09 bits per heavy atom. The van der Waals surface area contributed by atoms with Crippen molar-refractivity contribution in [3.63, 3.8) is 0 Å². The van der Waals surface area contributed by atoms with Gasteiger partial charge in [0.1, 0.15) is 11.8 Å². The lowest BCUT2D eigenvalue weighted by atomic mass is 9.95. The van der Waals surface area contributed by atoms with Crippen molar-refractivity contribution in [3.05, 3.63) is 29.8 Å². The molecule has 2 fully saturated rings. The lowest BCUT2D eigenvalue weighted by Gasteiger charge is -2.31. The van der Waals surface area contributed by atoms with Crippen molar-refractivity contribution in [3.8, 4) is 0 Å². The van der Waals surface area contributed by atoms with Crippen molar-refractivity contribution in [2.24, 2.45) is 5.92 Å². The summed E-state index contributed by atoms with van der Waals surface area (Å²) < 4.78 is 24.8. The van der Waals surface area contributed by atoms with Crippen LogP contribution >= 0.6 is 0 Å². The lowest BCUT2D eigenvalue weighted by Crippen LogP contribution is -2.44. The minimum atomic E-state index is -0.506. The molecule has 0 spiro atoms. The van der Waals surface area contributed by atoms with Gasteiger partial charge in [0.2, 0.25) is 5.95 Å². The average Bonchev–Trinajstić information content (AvgIpc) is 3.15. The summed E-state index contributed by atoms with van der Waals surface area (Å²) in [4.78, 5) is 19.9. The highest BCUT2D eigenvalue weighted by atomic mass is 19.1. The Bertz CT molecular complexity index is 736. The minimum absolute atomic E-state index is 0.0275. The standard InChI is InChI=1S/C23H38FN5O3/c1-23(2,3)32-22(30)28(5)12-11-27(4)15-18-16-29(20-8-6-7-13-31-20)26-21(18)17-9-10-19(24)25-14-17/h9-10,14,18,20-21,26H,6-8,11-13,15-16H2,1-5H3. The number of aromatic nitrogens is 1. The maximum absolute atomic E-state index is 13.4. The van der Waals surface area contributed by atoms with Crippen LogP contribution in [0.25, 0.3) is 0 Å². The van der Waals surface area contributed by atoms with Crippen LogP contribution in [0.1, 0.15) is 51.6 Å². The third-order valence-electron chi connectivity index (χ3n) is 5.89. The van der Waals surface area contributed by atoms with Gasteiger partial charge in [-0.25, -0.2) is 20.2 Å². The van der Waals surface area contributed by atoms with Gasteiger partial charge < -0.3 is 19.3 Å². The van der Waals surface area contributed by atoms with E-state index in [4.69, 9.17) is 9.47 Å². The van der Waals surface area contributed by atoms with Gasteiger partial charge in [-0.15, -0.1) is 0 Å². The predicted octanol–water partition coefficient (Wildman–Crippen LogP) is 3.02. The second-order valence-electron chi connectivity index (χ2n) is 9.92. The van der Waals surface area contributed by atoms with E-state index in [1.807, 2.05) is 20.8 Å². The fourth-order valence-electron chi connectivity index (χ4n) is 4.19. The number of likely N-dealkylation sites (N-methyl/N-ethyl adjacent to an activating group) is 2. The van der Waals surface area contributed by atoms with E-state index in [2.05, 4.69) is 27.4 Å². The maximum Gasteiger partial charge on any atom is 0.410 e. The van der Waals surface area contributed by atoms with Crippen LogP contribution in [0.3, 0.4) is 0 Å². The highest BCUT2D eigenvalue weighted by Gasteiger charge is 2.38. The van der Waals surface area contributed by atoms with Gasteiger partial charge in [-0.1, -0.05) is 6.07 Å². The van der Waals surface area contributed by atoms with Crippen LogP contribution in [0, 0.1) is 11.9 Å². The molecule has 2 aliphatic rings. The first-order valence-corrected chi connectivity index (χ1v) is 11.5. The van der Waals surface area contributed by atoms with Gasteiger partial charge in [-0.05, 0) is 58.7 Å². The number of pyridine rings is 1. The summed E-state index contributed by atoms with van der Waals surface area (Å²) in [6.45, 7) is 9.33. The smallest absolute Gasteiger partial charge is 0.410 e. The summed E-state index contributed by atoms with van der Waals surface area (Å²) in [5.74, 6) is -0.206. The number of halogens is 1. The minimum Gasteiger partial charge on any atom is -0.444 e. The number of nitrogens with one attached hydrogen (secondary N) is 1. The molecular formula is C23H38FN5O3. The third kappa shape index (κ3) is 7.10. The zero-order valence-electron chi connectivity index (χ0n) is 20.0. The molecule has 0 aliphatic carbocycles. The van der Waals surface area contributed by atoms with E-state index in [1.165, 1.54) is 6.07 Å². The fourth-order valence-corrected chi connectivity index (χ4v) is 4.19. The molecule has 3 rings (SSSR count). The Balaban J connectivity index is 1.59. The molecule has 0 radical (unpaired) electrons. The zero-order chi connectivity index (χ0) is 23.3. The van der Waals surface area contributed by atoms with Crippen molar-refractivity contribution in [2.45, 2.75) is 57.9 Å². The summed E-state index contributed by atoms with van der Waals surface area (Å²) in [7, 11) is 3.82. The van der Waals surface area contributed by atoms with E-state index in [0.717, 1.165) is 51.1 Å². The van der Waals surface area contributed by atoms with Crippen LogP contribution in [-0.2, 0) is 9.47 Å². The van der Waals surface area contributed by atoms with Gasteiger partial charge >= 0.3 is 6.09 Å². The number of hydrogen-bond donors (Lipinski definition) is 1. The van der Waals surface area contributed by atoms with Gasteiger partial charge in [-0.3, -0.25) is 0 Å². The quantitative estimate of drug-likeness (QED) is 0.639. The van der Waals surface area contributed by atoms with E-state index in [1.54, 1.807) is 24.2 Å². The number of rotatable bonds is 7. The topological polar surface area (TPSA) is 70.2 Å². The number of amides is 1. The van der Waals surface area contributed by atoms with Crippen LogP contribution < -0.4 is 5.43 Å². The predicted molar refractivity (Wildman–Crippen MR) is 120 cm³/mol. The largest absolute Gasteiger partial charge is 0.444 e. The van der Waals surface area contributed by atoms with E-state index in [0.29, 0.717) is 6.54 Å². The fraction of sp³-hybridized carbons (Fsp3) is 0.739. The zero-order valence-corrected chi connectivity index (χ0v) is 20.0. The summed E-state index contributed by atoms with van der Waals surface area (Å²) in [5.41, 5.74) is 4.06. The first-order valence-electron chi connectivity index (χ1n) is 11.5. The Morgan fingerprint density at radius 1 is 1.31 bits per heavy atom. The SMILES string of the molecule is CN(CCN(C)C(=O)OC(C)(C)C)CC1CN(C2CCCCO2)NC1c1ccc(F)nc1. The molecule has 2 saturated heterocycles. The number of ether oxygens (including phenoxy) is 2. The molecule has 3 unspecified atom stereocenters. The third-order valence-corrected chi connectivity index (χ3v) is 5.89. The molecule has 1 aromatic rings. The Kier molecular flexibility index (Phi) is 8.43. The summed E-state index contributed by atoms with van der Waals surface area (Å²) in [5, 5.41) is 2.19. The monoisotopic (exact) mass is 451 g/mol. The first kappa shape index (κ1) is 24.8. The van der Waals surface area contributed by atoms with Crippen molar-refractivity contribution < 1.29 is 18.7 Å². The molecule has 32 heavy (non-hydrogen) atoms. The van der Waals surface area contributed by atoms with Gasteiger partial charge in [-0.2, -0.15) is 4.39 Å². The molecule has 3 atom stereocenters. The molecule has 0 saturated carbocycles. The second-order valence-corrected chi connectivity index (χ2v) is 9.92. The molecule has 0 bridgehead atoms. The van der Waals surface area contributed by atoms with E-state index in [-0.39, 0.29) is 24.3 Å². The van der Waals surface area contributed by atoms with Crippen LogP contribution in [0.15, 0.2) is 18.3 Å². The average molecular weight is 452 g/mol. The van der Waals surface area contributed by atoms with Gasteiger partial charge in [0.25, 0.3) is 0 Å². The highest BCUT2D eigenvalue weighted by molar-refractivity contribution is 5.67. The van der Waals surface area contributed by atoms with Crippen LogP contribution in [0.5, 0.6) is 0 Å². The highest BCUT2D eigenvalue weighted by Crippen LogP contribution is 2.32. The number of hydrogen-bond acceptors (Lipinski definition) is 7. The van der Waals surface area contributed by atoms with Crippen molar-refractivity contribution in [2.75, 3.05) is 46.9 Å². The van der Waals surface area contributed by atoms with Crippen LogP contribution in [-0.4, -0.2) is 84.6 Å².